The summed E-state index contributed by atoms with van der Waals surface area (Å²) >= 11 is 0. The first-order valence-electron chi connectivity index (χ1n) is 11.5. The van der Waals surface area contributed by atoms with Crippen molar-refractivity contribution in [1.29, 1.82) is 0 Å². The standard InChI is InChI=1S/C25H34N4O/c1-20(2)19-29-22-12-6-5-11-21(22)26-25(29)23-13-10-18-28(23)24(30)14-4-3-7-15-27-16-8-9-17-27/h5-6,8-9,11-12,16-17,20,23H,3-4,7,10,13-15,18-19H2,1-2H3. The summed E-state index contributed by atoms with van der Waals surface area (Å²) in [5.41, 5.74) is 2.22. The van der Waals surface area contributed by atoms with E-state index in [1.54, 1.807) is 0 Å². The zero-order valence-corrected chi connectivity index (χ0v) is 18.3. The van der Waals surface area contributed by atoms with Crippen molar-refractivity contribution in [3.8, 4) is 0 Å². The van der Waals surface area contributed by atoms with Crippen LogP contribution in [-0.4, -0.2) is 31.5 Å². The fourth-order valence-electron chi connectivity index (χ4n) is 4.65. The molecule has 2 aromatic heterocycles. The van der Waals surface area contributed by atoms with Gasteiger partial charge in [-0.05, 0) is 55.9 Å². The monoisotopic (exact) mass is 406 g/mol. The van der Waals surface area contributed by atoms with Gasteiger partial charge in [-0.15, -0.1) is 0 Å². The first kappa shape index (κ1) is 20.7. The topological polar surface area (TPSA) is 43.1 Å². The summed E-state index contributed by atoms with van der Waals surface area (Å²) in [6.07, 6.45) is 10.1. The maximum absolute atomic E-state index is 13.1. The van der Waals surface area contributed by atoms with Gasteiger partial charge in [0.1, 0.15) is 5.82 Å². The van der Waals surface area contributed by atoms with Gasteiger partial charge in [-0.25, -0.2) is 4.98 Å². The molecule has 1 unspecified atom stereocenters. The molecule has 0 radical (unpaired) electrons. The van der Waals surface area contributed by atoms with E-state index in [2.05, 4.69) is 70.6 Å². The van der Waals surface area contributed by atoms with Gasteiger partial charge in [0.25, 0.3) is 0 Å². The average molecular weight is 407 g/mol. The average Bonchev–Trinajstić information content (AvgIpc) is 3.47. The van der Waals surface area contributed by atoms with Crippen molar-refractivity contribution in [1.82, 2.24) is 19.0 Å². The van der Waals surface area contributed by atoms with Gasteiger partial charge in [-0.3, -0.25) is 4.79 Å². The Balaban J connectivity index is 1.41. The molecule has 1 saturated heterocycles. The van der Waals surface area contributed by atoms with Crippen LogP contribution in [-0.2, 0) is 17.9 Å². The summed E-state index contributed by atoms with van der Waals surface area (Å²) in [5, 5.41) is 0. The minimum Gasteiger partial charge on any atom is -0.354 e. The molecule has 160 valence electrons. The molecule has 1 aliphatic heterocycles. The van der Waals surface area contributed by atoms with E-state index in [-0.39, 0.29) is 6.04 Å². The van der Waals surface area contributed by atoms with Crippen LogP contribution in [0.2, 0.25) is 0 Å². The molecule has 1 amide bonds. The molecule has 0 bridgehead atoms. The zero-order chi connectivity index (χ0) is 20.9. The van der Waals surface area contributed by atoms with E-state index in [0.29, 0.717) is 18.2 Å². The van der Waals surface area contributed by atoms with Crippen molar-refractivity contribution in [2.75, 3.05) is 6.54 Å². The lowest BCUT2D eigenvalue weighted by Crippen LogP contribution is -2.32. The number of unbranched alkanes of at least 4 members (excludes halogenated alkanes) is 2. The van der Waals surface area contributed by atoms with Crippen molar-refractivity contribution in [2.24, 2.45) is 5.92 Å². The molecule has 4 rings (SSSR count). The van der Waals surface area contributed by atoms with E-state index in [9.17, 15) is 4.79 Å². The fourth-order valence-corrected chi connectivity index (χ4v) is 4.65. The number of amides is 1. The molecule has 0 N–H and O–H groups in total. The second kappa shape index (κ2) is 9.50. The molecule has 5 heteroatoms. The summed E-state index contributed by atoms with van der Waals surface area (Å²) in [4.78, 5) is 20.1. The van der Waals surface area contributed by atoms with Crippen LogP contribution < -0.4 is 0 Å². The highest BCUT2D eigenvalue weighted by atomic mass is 16.2. The first-order valence-corrected chi connectivity index (χ1v) is 11.5. The maximum atomic E-state index is 13.1. The van der Waals surface area contributed by atoms with E-state index in [1.807, 2.05) is 6.07 Å². The predicted molar refractivity (Wildman–Crippen MR) is 121 cm³/mol. The van der Waals surface area contributed by atoms with Gasteiger partial charge < -0.3 is 14.0 Å². The van der Waals surface area contributed by atoms with Gasteiger partial charge in [0.15, 0.2) is 0 Å². The Morgan fingerprint density at radius 2 is 1.90 bits per heavy atom. The number of rotatable bonds is 9. The van der Waals surface area contributed by atoms with Crippen LogP contribution in [0.1, 0.15) is 64.2 Å². The van der Waals surface area contributed by atoms with Crippen molar-refractivity contribution >= 4 is 16.9 Å². The predicted octanol–water partition coefficient (Wildman–Crippen LogP) is 5.42. The second-order valence-electron chi connectivity index (χ2n) is 8.94. The quantitative estimate of drug-likeness (QED) is 0.446. The van der Waals surface area contributed by atoms with Gasteiger partial charge in [-0.1, -0.05) is 32.4 Å². The molecule has 3 aromatic rings. The zero-order valence-electron chi connectivity index (χ0n) is 18.3. The third kappa shape index (κ3) is 4.61. The van der Waals surface area contributed by atoms with Crippen LogP contribution in [0.4, 0.5) is 0 Å². The van der Waals surface area contributed by atoms with Crippen LogP contribution in [0.25, 0.3) is 11.0 Å². The van der Waals surface area contributed by atoms with Crippen LogP contribution >= 0.6 is 0 Å². The Labute approximate surface area is 179 Å². The van der Waals surface area contributed by atoms with E-state index in [4.69, 9.17) is 4.98 Å². The number of fused-ring (bicyclic) bond motifs is 1. The number of aryl methyl sites for hydroxylation is 1. The van der Waals surface area contributed by atoms with Crippen molar-refractivity contribution < 1.29 is 4.79 Å². The molecule has 5 nitrogen and oxygen atoms in total. The minimum absolute atomic E-state index is 0.114. The number of imidazole rings is 1. The molecule has 1 fully saturated rings. The number of benzene rings is 1. The number of carbonyl (C=O) groups excluding carboxylic acids is 1. The molecule has 1 aromatic carbocycles. The van der Waals surface area contributed by atoms with Gasteiger partial charge in [-0.2, -0.15) is 0 Å². The highest BCUT2D eigenvalue weighted by molar-refractivity contribution is 5.78. The lowest BCUT2D eigenvalue weighted by Gasteiger charge is -2.26. The molecular formula is C25H34N4O. The Bertz CT molecular complexity index is 957. The second-order valence-corrected chi connectivity index (χ2v) is 8.94. The van der Waals surface area contributed by atoms with Crippen molar-refractivity contribution in [3.05, 3.63) is 54.6 Å². The summed E-state index contributed by atoms with van der Waals surface area (Å²) in [7, 11) is 0. The number of nitrogens with zero attached hydrogens (tertiary/aromatic N) is 4. The van der Waals surface area contributed by atoms with E-state index < -0.39 is 0 Å². The molecular weight excluding hydrogens is 372 g/mol. The van der Waals surface area contributed by atoms with Crippen molar-refractivity contribution in [3.63, 3.8) is 0 Å². The lowest BCUT2D eigenvalue weighted by atomic mass is 10.1. The highest BCUT2D eigenvalue weighted by Gasteiger charge is 2.33. The molecule has 1 atom stereocenters. The number of hydrogen-bond acceptors (Lipinski definition) is 2. The third-order valence-electron chi connectivity index (χ3n) is 6.08. The Morgan fingerprint density at radius 1 is 1.10 bits per heavy atom. The van der Waals surface area contributed by atoms with Crippen LogP contribution in [0.5, 0.6) is 0 Å². The first-order chi connectivity index (χ1) is 14.6. The van der Waals surface area contributed by atoms with Gasteiger partial charge in [0, 0.05) is 38.4 Å². The normalized spacial score (nSPS) is 16.8. The molecule has 0 saturated carbocycles. The van der Waals surface area contributed by atoms with E-state index >= 15 is 0 Å². The van der Waals surface area contributed by atoms with Crippen molar-refractivity contribution in [2.45, 2.75) is 71.5 Å². The summed E-state index contributed by atoms with van der Waals surface area (Å²) < 4.78 is 4.56. The largest absolute Gasteiger partial charge is 0.354 e. The molecule has 0 spiro atoms. The Hall–Kier alpha value is -2.56. The number of likely N-dealkylation sites (tertiary alicyclic amines) is 1. The minimum atomic E-state index is 0.114. The summed E-state index contributed by atoms with van der Waals surface area (Å²) in [6, 6.07) is 12.6. The number of carbonyl (C=O) groups is 1. The number of aromatic nitrogens is 3. The molecule has 3 heterocycles. The maximum Gasteiger partial charge on any atom is 0.223 e. The Kier molecular flexibility index (Phi) is 6.56. The SMILES string of the molecule is CC(C)Cn1c(C2CCCN2C(=O)CCCCCn2cccc2)nc2ccccc21. The summed E-state index contributed by atoms with van der Waals surface area (Å²) in [5.74, 6) is 1.90. The fraction of sp³-hybridized carbons (Fsp3) is 0.520. The summed E-state index contributed by atoms with van der Waals surface area (Å²) in [6.45, 7) is 7.31. The lowest BCUT2D eigenvalue weighted by molar-refractivity contribution is -0.132. The van der Waals surface area contributed by atoms with Gasteiger partial charge in [0.2, 0.25) is 5.91 Å². The molecule has 0 aliphatic carbocycles. The van der Waals surface area contributed by atoms with Crippen LogP contribution in [0.3, 0.4) is 0 Å². The smallest absolute Gasteiger partial charge is 0.223 e. The van der Waals surface area contributed by atoms with Crippen LogP contribution in [0, 0.1) is 5.92 Å². The van der Waals surface area contributed by atoms with E-state index in [1.165, 1.54) is 5.52 Å². The Morgan fingerprint density at radius 3 is 2.70 bits per heavy atom. The molecule has 30 heavy (non-hydrogen) atoms. The van der Waals surface area contributed by atoms with Gasteiger partial charge >= 0.3 is 0 Å². The number of para-hydroxylation sites is 2. The third-order valence-corrected chi connectivity index (χ3v) is 6.08. The van der Waals surface area contributed by atoms with Gasteiger partial charge in [0.05, 0.1) is 17.1 Å². The molecule has 1 aliphatic rings. The van der Waals surface area contributed by atoms with Crippen LogP contribution in [0.15, 0.2) is 48.8 Å². The van der Waals surface area contributed by atoms with E-state index in [0.717, 1.165) is 63.1 Å². The highest BCUT2D eigenvalue weighted by Crippen LogP contribution is 2.34. The number of hydrogen-bond donors (Lipinski definition) is 0.